The van der Waals surface area contributed by atoms with Crippen LogP contribution < -0.4 is 4.90 Å². The molecule has 0 radical (unpaired) electrons. The molecular weight excluding hydrogens is 510 g/mol. The Labute approximate surface area is 189 Å². The predicted molar refractivity (Wildman–Crippen MR) is 100 cm³/mol. The van der Waals surface area contributed by atoms with E-state index >= 15 is 0 Å². The van der Waals surface area contributed by atoms with Crippen molar-refractivity contribution in [2.75, 3.05) is 19.0 Å². The number of carbonyl (C=O) groups excluding carboxylic acids is 2. The standard InChI is InChI=1S/C19H12F10N2O2S/c1-30(16(33)31(2)15(32)14-10(20)4-3-5-11(14)21)13-7-6-9(8-12(13)22)34-19(28,29)17(23,24)18(25,26)27/h3-8H,1-2H3. The predicted octanol–water partition coefficient (Wildman–Crippen LogP) is 6.31. The molecule has 34 heavy (non-hydrogen) atoms. The highest BCUT2D eigenvalue weighted by molar-refractivity contribution is 8.00. The van der Waals surface area contributed by atoms with E-state index in [-0.39, 0.29) is 11.0 Å². The molecule has 0 unspecified atom stereocenters. The second kappa shape index (κ2) is 9.35. The van der Waals surface area contributed by atoms with E-state index in [0.29, 0.717) is 17.0 Å². The Balaban J connectivity index is 2.27. The molecule has 0 aliphatic carbocycles. The summed E-state index contributed by atoms with van der Waals surface area (Å²) in [5.41, 5.74) is -1.80. The summed E-state index contributed by atoms with van der Waals surface area (Å²) in [5.74, 6) is -12.0. The van der Waals surface area contributed by atoms with Gasteiger partial charge in [0.15, 0.2) is 0 Å². The molecule has 0 saturated heterocycles. The number of benzene rings is 2. The summed E-state index contributed by atoms with van der Waals surface area (Å²) in [7, 11) is 1.68. The van der Waals surface area contributed by atoms with E-state index in [0.717, 1.165) is 32.3 Å². The molecule has 2 rings (SSSR count). The largest absolute Gasteiger partial charge is 0.460 e. The first kappa shape index (κ1) is 27.3. The molecule has 0 atom stereocenters. The van der Waals surface area contributed by atoms with Gasteiger partial charge in [-0.25, -0.2) is 18.0 Å². The van der Waals surface area contributed by atoms with Crippen LogP contribution in [-0.4, -0.2) is 48.3 Å². The van der Waals surface area contributed by atoms with Crippen LogP contribution in [0.3, 0.4) is 0 Å². The lowest BCUT2D eigenvalue weighted by atomic mass is 10.1. The minimum atomic E-state index is -6.58. The number of hydrogen-bond acceptors (Lipinski definition) is 3. The number of halogens is 10. The number of alkyl halides is 7. The van der Waals surface area contributed by atoms with E-state index in [4.69, 9.17) is 0 Å². The number of anilines is 1. The first-order valence-corrected chi connectivity index (χ1v) is 9.54. The molecule has 3 amide bonds. The average Bonchev–Trinajstić information content (AvgIpc) is 2.70. The number of thioether (sulfide) groups is 1. The van der Waals surface area contributed by atoms with E-state index < -0.39 is 74.7 Å². The highest BCUT2D eigenvalue weighted by atomic mass is 32.2. The van der Waals surface area contributed by atoms with Crippen molar-refractivity contribution in [1.29, 1.82) is 0 Å². The van der Waals surface area contributed by atoms with Gasteiger partial charge in [0.1, 0.15) is 23.0 Å². The third kappa shape index (κ3) is 5.08. The number of imide groups is 1. The lowest BCUT2D eigenvalue weighted by Crippen LogP contribution is -2.49. The van der Waals surface area contributed by atoms with Crippen molar-refractivity contribution in [3.05, 3.63) is 59.4 Å². The number of rotatable bonds is 5. The third-order valence-electron chi connectivity index (χ3n) is 4.30. The number of urea groups is 1. The van der Waals surface area contributed by atoms with Crippen LogP contribution in [0.5, 0.6) is 0 Å². The van der Waals surface area contributed by atoms with Crippen molar-refractivity contribution in [1.82, 2.24) is 4.90 Å². The number of amides is 3. The van der Waals surface area contributed by atoms with Crippen LogP contribution >= 0.6 is 11.8 Å². The SMILES string of the molecule is CN(C(=O)c1c(F)cccc1F)C(=O)N(C)c1ccc(SC(F)(F)C(F)(F)C(F)(F)F)cc1F. The van der Waals surface area contributed by atoms with E-state index in [1.165, 1.54) is 0 Å². The molecule has 0 aliphatic rings. The van der Waals surface area contributed by atoms with Crippen molar-refractivity contribution in [2.24, 2.45) is 0 Å². The van der Waals surface area contributed by atoms with Gasteiger partial charge in [0.2, 0.25) is 0 Å². The highest BCUT2D eigenvalue weighted by Crippen LogP contribution is 2.54. The smallest absolute Gasteiger partial charge is 0.294 e. The monoisotopic (exact) mass is 522 g/mol. The maximum atomic E-state index is 14.4. The van der Waals surface area contributed by atoms with Gasteiger partial charge in [0.25, 0.3) is 5.91 Å². The Kier molecular flexibility index (Phi) is 7.50. The molecule has 0 aliphatic heterocycles. The Morgan fingerprint density at radius 1 is 0.824 bits per heavy atom. The van der Waals surface area contributed by atoms with Crippen LogP contribution in [-0.2, 0) is 0 Å². The summed E-state index contributed by atoms with van der Waals surface area (Å²) in [6.07, 6.45) is -6.58. The van der Waals surface area contributed by atoms with Gasteiger partial charge in [-0.05, 0) is 42.1 Å². The zero-order chi connectivity index (χ0) is 26.2. The maximum Gasteiger partial charge on any atom is 0.460 e. The molecule has 2 aromatic rings. The summed E-state index contributed by atoms with van der Waals surface area (Å²) in [6.45, 7) is 0. The first-order valence-electron chi connectivity index (χ1n) is 8.73. The van der Waals surface area contributed by atoms with E-state index in [1.807, 2.05) is 0 Å². The Morgan fingerprint density at radius 2 is 1.35 bits per heavy atom. The summed E-state index contributed by atoms with van der Waals surface area (Å²) >= 11 is -1.26. The molecule has 0 spiro atoms. The van der Waals surface area contributed by atoms with Gasteiger partial charge < -0.3 is 0 Å². The van der Waals surface area contributed by atoms with Crippen molar-refractivity contribution in [3.8, 4) is 0 Å². The number of hydrogen-bond donors (Lipinski definition) is 0. The first-order chi connectivity index (χ1) is 15.4. The van der Waals surface area contributed by atoms with Gasteiger partial charge >= 0.3 is 23.4 Å². The third-order valence-corrected chi connectivity index (χ3v) is 5.31. The molecule has 186 valence electrons. The molecular formula is C19H12F10N2O2S. The van der Waals surface area contributed by atoms with Gasteiger partial charge in [-0.3, -0.25) is 14.6 Å². The van der Waals surface area contributed by atoms with E-state index in [9.17, 15) is 53.5 Å². The van der Waals surface area contributed by atoms with Crippen LogP contribution in [0.25, 0.3) is 0 Å². The van der Waals surface area contributed by atoms with Gasteiger partial charge in [-0.2, -0.15) is 30.7 Å². The van der Waals surface area contributed by atoms with E-state index in [1.54, 1.807) is 0 Å². The second-order valence-electron chi connectivity index (χ2n) is 6.61. The fraction of sp³-hybridized carbons (Fsp3) is 0.263. The quantitative estimate of drug-likeness (QED) is 0.341. The van der Waals surface area contributed by atoms with Crippen LogP contribution in [0, 0.1) is 17.5 Å². The molecule has 2 aromatic carbocycles. The fourth-order valence-electron chi connectivity index (χ4n) is 2.48. The normalized spacial score (nSPS) is 12.5. The van der Waals surface area contributed by atoms with Crippen LogP contribution in [0.1, 0.15) is 10.4 Å². The Bertz CT molecular complexity index is 1090. The molecule has 4 nitrogen and oxygen atoms in total. The Hall–Kier alpha value is -2.97. The number of carbonyl (C=O) groups is 2. The summed E-state index contributed by atoms with van der Waals surface area (Å²) in [5, 5.41) is -5.70. The molecule has 0 heterocycles. The van der Waals surface area contributed by atoms with Gasteiger partial charge in [0.05, 0.1) is 5.69 Å². The molecule has 0 saturated carbocycles. The van der Waals surface area contributed by atoms with Crippen LogP contribution in [0.2, 0.25) is 0 Å². The fourth-order valence-corrected chi connectivity index (χ4v) is 3.32. The van der Waals surface area contributed by atoms with Gasteiger partial charge in [-0.1, -0.05) is 6.07 Å². The second-order valence-corrected chi connectivity index (χ2v) is 7.79. The van der Waals surface area contributed by atoms with Gasteiger partial charge in [-0.15, -0.1) is 0 Å². The van der Waals surface area contributed by atoms with Crippen molar-refractivity contribution in [2.45, 2.75) is 22.2 Å². The zero-order valence-electron chi connectivity index (χ0n) is 16.9. The molecule has 0 fully saturated rings. The lowest BCUT2D eigenvalue weighted by molar-refractivity contribution is -0.330. The van der Waals surface area contributed by atoms with E-state index in [2.05, 4.69) is 0 Å². The number of nitrogens with zero attached hydrogens (tertiary/aromatic N) is 2. The average molecular weight is 522 g/mol. The van der Waals surface area contributed by atoms with Crippen LogP contribution in [0.4, 0.5) is 54.4 Å². The molecule has 0 bridgehead atoms. The molecule has 15 heteroatoms. The topological polar surface area (TPSA) is 40.6 Å². The highest BCUT2D eigenvalue weighted by Gasteiger charge is 2.73. The maximum absolute atomic E-state index is 14.4. The molecule has 0 aromatic heterocycles. The zero-order valence-corrected chi connectivity index (χ0v) is 17.7. The Morgan fingerprint density at radius 3 is 1.82 bits per heavy atom. The summed E-state index contributed by atoms with van der Waals surface area (Å²) in [6, 6.07) is 2.39. The van der Waals surface area contributed by atoms with Crippen molar-refractivity contribution >= 4 is 29.4 Å². The van der Waals surface area contributed by atoms with Crippen LogP contribution in [0.15, 0.2) is 41.3 Å². The van der Waals surface area contributed by atoms with Gasteiger partial charge in [0, 0.05) is 19.0 Å². The minimum absolute atomic E-state index is 0.169. The van der Waals surface area contributed by atoms with Crippen molar-refractivity contribution < 1.29 is 53.5 Å². The minimum Gasteiger partial charge on any atom is -0.294 e. The molecule has 0 N–H and O–H groups in total. The summed E-state index contributed by atoms with van der Waals surface area (Å²) in [4.78, 5) is 24.3. The van der Waals surface area contributed by atoms with Crippen molar-refractivity contribution in [3.63, 3.8) is 0 Å². The summed E-state index contributed by atoms with van der Waals surface area (Å²) < 4.78 is 132. The lowest BCUT2D eigenvalue weighted by Gasteiger charge is -2.28.